The molecule has 0 aromatic heterocycles. The van der Waals surface area contributed by atoms with E-state index in [1.54, 1.807) is 0 Å². The van der Waals surface area contributed by atoms with E-state index in [1.165, 1.54) is 0 Å². The summed E-state index contributed by atoms with van der Waals surface area (Å²) in [5.74, 6) is -5.01. The van der Waals surface area contributed by atoms with Gasteiger partial charge in [-0.1, -0.05) is 34.8 Å². The molecule has 0 spiro atoms. The van der Waals surface area contributed by atoms with Crippen LogP contribution in [0.25, 0.3) is 0 Å². The van der Waals surface area contributed by atoms with E-state index in [0.29, 0.717) is 0 Å². The molecule has 0 aliphatic rings. The number of aliphatic carboxylic acids is 3. The molecule has 0 bridgehead atoms. The van der Waals surface area contributed by atoms with E-state index in [2.05, 4.69) is 34.8 Å². The molecule has 0 fully saturated rings. The van der Waals surface area contributed by atoms with Crippen molar-refractivity contribution in [3.8, 4) is 0 Å². The van der Waals surface area contributed by atoms with Crippen molar-refractivity contribution in [3.05, 3.63) is 0 Å². The topological polar surface area (TPSA) is 181 Å². The zero-order valence-electron chi connectivity index (χ0n) is 8.73. The first-order chi connectivity index (χ1) is 7.93. The van der Waals surface area contributed by atoms with Gasteiger partial charge in [0.15, 0.2) is 16.7 Å². The predicted molar refractivity (Wildman–Crippen MR) is 63.5 cm³/mol. The second kappa shape index (κ2) is 19.7. The molecule has 110 valence electrons. The summed E-state index contributed by atoms with van der Waals surface area (Å²) in [4.78, 5) is 27.6. The molecule has 14 heteroatoms. The maximum absolute atomic E-state index is 9.21. The van der Waals surface area contributed by atoms with E-state index in [1.807, 2.05) is 0 Å². The van der Waals surface area contributed by atoms with Crippen LogP contribution >= 0.6 is 34.8 Å². The van der Waals surface area contributed by atoms with E-state index >= 15 is 0 Å². The van der Waals surface area contributed by atoms with Crippen molar-refractivity contribution in [2.24, 2.45) is 0 Å². The monoisotopic (exact) mass is 378 g/mol. The normalized spacial score (nSPS) is 12.3. The van der Waals surface area contributed by atoms with Crippen LogP contribution in [0.3, 0.4) is 0 Å². The molecule has 3 atom stereocenters. The number of carbonyl (C=O) groups is 3. The fraction of sp³-hybridized carbons (Fsp3) is 0.500. The van der Waals surface area contributed by atoms with Gasteiger partial charge in [0, 0.05) is 0 Å². The summed E-state index contributed by atoms with van der Waals surface area (Å²) in [5, 5.41) is 50.8. The minimum atomic E-state index is -1.87. The summed E-state index contributed by atoms with van der Waals surface area (Å²) in [6.07, 6.45) is 0. The van der Waals surface area contributed by atoms with Gasteiger partial charge in [-0.05, 0) is 0 Å². The van der Waals surface area contributed by atoms with Crippen molar-refractivity contribution in [2.75, 3.05) is 0 Å². The van der Waals surface area contributed by atoms with Gasteiger partial charge in [-0.25, -0.2) is 0 Å². The van der Waals surface area contributed by atoms with Gasteiger partial charge >= 0.3 is 46.9 Å². The van der Waals surface area contributed by atoms with Gasteiger partial charge < -0.3 is 45.0 Å². The summed E-state index contributed by atoms with van der Waals surface area (Å²) in [6, 6.07) is 0. The number of rotatable bonds is 3. The summed E-state index contributed by atoms with van der Waals surface area (Å²) in [6.45, 7) is 0. The van der Waals surface area contributed by atoms with Crippen LogP contribution in [0.2, 0.25) is 0 Å². The Morgan fingerprint density at radius 3 is 0.750 bits per heavy atom. The molecule has 3 unspecified atom stereocenters. The molecular formula is C6H7AlCl3NaO9. The number of halogens is 3. The summed E-state index contributed by atoms with van der Waals surface area (Å²) in [7, 11) is 0. The van der Waals surface area contributed by atoms with Gasteiger partial charge in [-0.2, -0.15) is 0 Å². The first kappa shape index (κ1) is 32.6. The molecule has 0 aliphatic carbocycles. The number of carbonyl (C=O) groups excluding carboxylic acids is 3. The third kappa shape index (κ3) is 36.3. The minimum absolute atomic E-state index is 0. The SMILES string of the molecule is O=C([O-])C(O)Cl.O=C([O-])C(O)Cl.O=C([O-])C(O)Cl.[Al+3].[NaH]. The van der Waals surface area contributed by atoms with Gasteiger partial charge in [0.1, 0.15) is 0 Å². The second-order valence-electron chi connectivity index (χ2n) is 1.96. The summed E-state index contributed by atoms with van der Waals surface area (Å²) >= 11 is 13.5. The molecule has 3 N–H and O–H groups in total. The van der Waals surface area contributed by atoms with Crippen LogP contribution in [0.4, 0.5) is 0 Å². The average molecular weight is 379 g/mol. The van der Waals surface area contributed by atoms with Gasteiger partial charge in [0.05, 0.1) is 17.9 Å². The Labute approximate surface area is 160 Å². The van der Waals surface area contributed by atoms with E-state index < -0.39 is 34.6 Å². The van der Waals surface area contributed by atoms with Crippen LogP contribution < -0.4 is 15.3 Å². The Hall–Kier alpha value is 0.692. The fourth-order valence-electron chi connectivity index (χ4n) is 0. The molecule has 9 nitrogen and oxygen atoms in total. The second-order valence-corrected chi connectivity index (χ2v) is 3.20. The molecule has 0 aromatic carbocycles. The molecule has 0 rings (SSSR count). The molecule has 0 aliphatic heterocycles. The third-order valence-electron chi connectivity index (χ3n) is 0.583. The van der Waals surface area contributed by atoms with Gasteiger partial charge in [-0.15, -0.1) is 0 Å². The van der Waals surface area contributed by atoms with E-state index in [0.717, 1.165) is 0 Å². The van der Waals surface area contributed by atoms with Gasteiger partial charge in [0.2, 0.25) is 0 Å². The number of aliphatic hydroxyl groups excluding tert-OH is 3. The van der Waals surface area contributed by atoms with Crippen LogP contribution in [-0.4, -0.2) is 96.8 Å². The Morgan fingerprint density at radius 1 is 0.700 bits per heavy atom. The number of hydrogen-bond donors (Lipinski definition) is 3. The fourth-order valence-corrected chi connectivity index (χ4v) is 0. The zero-order valence-corrected chi connectivity index (χ0v) is 12.2. The quantitative estimate of drug-likeness (QED) is 0.317. The van der Waals surface area contributed by atoms with Crippen molar-refractivity contribution in [1.29, 1.82) is 0 Å². The van der Waals surface area contributed by atoms with Gasteiger partial charge in [-0.3, -0.25) is 0 Å². The molecular weight excluding hydrogens is 372 g/mol. The molecule has 0 aromatic rings. The van der Waals surface area contributed by atoms with Crippen LogP contribution in [-0.2, 0) is 14.4 Å². The molecule has 20 heavy (non-hydrogen) atoms. The molecule has 0 saturated heterocycles. The Kier molecular flexibility index (Phi) is 32.1. The van der Waals surface area contributed by atoms with Crippen LogP contribution in [0.1, 0.15) is 0 Å². The van der Waals surface area contributed by atoms with Crippen LogP contribution in [0.15, 0.2) is 0 Å². The molecule has 0 saturated carbocycles. The van der Waals surface area contributed by atoms with Gasteiger partial charge in [0.25, 0.3) is 0 Å². The predicted octanol–water partition coefficient (Wildman–Crippen LogP) is -6.15. The van der Waals surface area contributed by atoms with Crippen LogP contribution in [0, 0.1) is 0 Å². The Morgan fingerprint density at radius 2 is 0.750 bits per heavy atom. The molecule has 0 heterocycles. The van der Waals surface area contributed by atoms with Crippen molar-refractivity contribution in [3.63, 3.8) is 0 Å². The Bertz CT molecular complexity index is 234. The first-order valence-corrected chi connectivity index (χ1v) is 4.83. The molecule has 0 radical (unpaired) electrons. The summed E-state index contributed by atoms with van der Waals surface area (Å²) < 4.78 is 0. The molecule has 0 amide bonds. The number of alkyl halides is 3. The number of hydrogen-bond acceptors (Lipinski definition) is 9. The van der Waals surface area contributed by atoms with Crippen molar-refractivity contribution < 1.29 is 45.0 Å². The average Bonchev–Trinajstić information content (AvgIpc) is 2.18. The first-order valence-electron chi connectivity index (χ1n) is 3.52. The number of carboxylic acids is 3. The summed E-state index contributed by atoms with van der Waals surface area (Å²) in [5.41, 5.74) is -5.61. The van der Waals surface area contributed by atoms with E-state index in [9.17, 15) is 29.7 Å². The third-order valence-corrected chi connectivity index (χ3v) is 1.12. The van der Waals surface area contributed by atoms with Crippen LogP contribution in [0.5, 0.6) is 0 Å². The number of carboxylic acid groups (broad SMARTS) is 3. The Balaban J connectivity index is -0.0000000536. The zero-order chi connectivity index (χ0) is 15.5. The van der Waals surface area contributed by atoms with E-state index in [4.69, 9.17) is 15.3 Å². The standard InChI is InChI=1S/3C2H3ClO3.Al.Na.H/c3*3-1(4)2(5)6;;;/h3*1,4H,(H,5,6);;;/q;;;+3;;/p-3. The van der Waals surface area contributed by atoms with Crippen molar-refractivity contribution in [2.45, 2.75) is 16.7 Å². The number of aliphatic hydroxyl groups is 3. The van der Waals surface area contributed by atoms with Crippen molar-refractivity contribution in [1.82, 2.24) is 0 Å². The van der Waals surface area contributed by atoms with Crippen molar-refractivity contribution >= 4 is 99.6 Å². The van der Waals surface area contributed by atoms with E-state index in [-0.39, 0.29) is 46.9 Å². The maximum atomic E-state index is 9.21.